The second kappa shape index (κ2) is 15.4. The standard InChI is InChI=1S/C20H44N2P2.C6H5F.2ClH.Fe/c1-17(2,3)21-13-23(19(7,8)9)15-22(18(4,5)6)16-24(14-21)20(10,11)12;7-6-4-2-1-3-5-6;;;/h13-16H2,1-12H3;1-5H;2*1H;/q;;;;+2/p-2. The van der Waals surface area contributed by atoms with E-state index in [4.69, 9.17) is 0 Å². The van der Waals surface area contributed by atoms with E-state index in [9.17, 15) is 4.39 Å². The van der Waals surface area contributed by atoms with Gasteiger partial charge in [0.2, 0.25) is 0 Å². The molecule has 8 heteroatoms. The average molecular weight is 597 g/mol. The molecule has 0 saturated carbocycles. The second-order valence-electron chi connectivity index (χ2n) is 12.7. The molecule has 0 amide bonds. The Morgan fingerprint density at radius 3 is 1.00 bits per heavy atom. The Bertz CT molecular complexity index is 581. The minimum Gasteiger partial charge on any atom is -1.00 e. The van der Waals surface area contributed by atoms with Crippen LogP contribution in [-0.4, -0.2) is 56.3 Å². The Labute approximate surface area is 236 Å². The van der Waals surface area contributed by atoms with Gasteiger partial charge in [-0.1, -0.05) is 75.6 Å². The third kappa shape index (κ3) is 14.1. The van der Waals surface area contributed by atoms with Crippen LogP contribution < -0.4 is 24.8 Å². The molecule has 1 aliphatic heterocycles. The predicted octanol–water partition coefficient (Wildman–Crippen LogP) is 2.42. The van der Waals surface area contributed by atoms with E-state index in [2.05, 4.69) is 92.9 Å². The smallest absolute Gasteiger partial charge is 1.00 e. The fourth-order valence-corrected chi connectivity index (χ4v) is 9.05. The van der Waals surface area contributed by atoms with Crippen molar-refractivity contribution >= 4 is 15.8 Å². The summed E-state index contributed by atoms with van der Waals surface area (Å²) in [6.07, 6.45) is 5.13. The Balaban J connectivity index is -0.000000824. The Hall–Kier alpha value is 1.03. The molecule has 0 unspecified atom stereocenters. The van der Waals surface area contributed by atoms with Crippen LogP contribution in [0.2, 0.25) is 0 Å². The molecule has 1 saturated heterocycles. The summed E-state index contributed by atoms with van der Waals surface area (Å²) < 4.78 is 11.9. The summed E-state index contributed by atoms with van der Waals surface area (Å²) in [6.45, 7) is 29.1. The fourth-order valence-electron chi connectivity index (χ4n) is 3.11. The Morgan fingerprint density at radius 1 is 0.588 bits per heavy atom. The molecule has 2 nitrogen and oxygen atoms in total. The zero-order chi connectivity index (χ0) is 24.3. The molecule has 1 heterocycles. The normalized spacial score (nSPS) is 20.9. The van der Waals surface area contributed by atoms with E-state index in [0.29, 0.717) is 10.3 Å². The van der Waals surface area contributed by atoms with Gasteiger partial charge < -0.3 is 24.8 Å². The van der Waals surface area contributed by atoms with Gasteiger partial charge in [-0.05, 0) is 64.0 Å². The molecule has 1 aliphatic rings. The van der Waals surface area contributed by atoms with Gasteiger partial charge in [-0.25, -0.2) is 4.39 Å². The van der Waals surface area contributed by atoms with Crippen molar-refractivity contribution in [2.24, 2.45) is 0 Å². The molecule has 202 valence electrons. The van der Waals surface area contributed by atoms with Crippen LogP contribution in [0.1, 0.15) is 83.1 Å². The molecular formula is C26H49Cl2FFeN2P2. The number of rotatable bonds is 0. The molecule has 0 bridgehead atoms. The maximum Gasteiger partial charge on any atom is 2.00 e. The largest absolute Gasteiger partial charge is 2.00 e. The van der Waals surface area contributed by atoms with Crippen molar-refractivity contribution in [2.45, 2.75) is 104 Å². The van der Waals surface area contributed by atoms with Crippen LogP contribution in [0.4, 0.5) is 4.39 Å². The average Bonchev–Trinajstić information content (AvgIpc) is 2.51. The van der Waals surface area contributed by atoms with E-state index in [1.807, 2.05) is 0 Å². The molecule has 0 aliphatic carbocycles. The van der Waals surface area contributed by atoms with Crippen LogP contribution in [0.5, 0.6) is 0 Å². The zero-order valence-corrected chi connectivity index (χ0v) is 27.9. The van der Waals surface area contributed by atoms with Crippen LogP contribution in [0.3, 0.4) is 0 Å². The predicted molar refractivity (Wildman–Crippen MR) is 142 cm³/mol. The van der Waals surface area contributed by atoms with Gasteiger partial charge >= 0.3 is 17.1 Å². The first kappa shape index (κ1) is 39.5. The Morgan fingerprint density at radius 2 is 0.853 bits per heavy atom. The summed E-state index contributed by atoms with van der Waals surface area (Å²) in [5, 5.41) is 0.814. The first-order chi connectivity index (χ1) is 13.8. The molecule has 0 aromatic heterocycles. The summed E-state index contributed by atoms with van der Waals surface area (Å²) in [5.41, 5.74) is 0.531. The van der Waals surface area contributed by atoms with Gasteiger partial charge in [0.1, 0.15) is 5.82 Å². The molecule has 0 radical (unpaired) electrons. The molecule has 0 N–H and O–H groups in total. The van der Waals surface area contributed by atoms with Gasteiger partial charge in [0.05, 0.1) is 0 Å². The minimum atomic E-state index is -0.178. The van der Waals surface area contributed by atoms with Crippen molar-refractivity contribution in [3.8, 4) is 0 Å². The maximum absolute atomic E-state index is 11.9. The van der Waals surface area contributed by atoms with Gasteiger partial charge in [-0.3, -0.25) is 9.80 Å². The quantitative estimate of drug-likeness (QED) is 0.335. The van der Waals surface area contributed by atoms with E-state index in [-0.39, 0.29) is 74.6 Å². The van der Waals surface area contributed by atoms with Crippen LogP contribution >= 0.6 is 15.8 Å². The van der Waals surface area contributed by atoms with E-state index in [0.717, 1.165) is 0 Å². The van der Waals surface area contributed by atoms with Crippen molar-refractivity contribution in [3.05, 3.63) is 36.1 Å². The van der Waals surface area contributed by atoms with E-state index >= 15 is 0 Å². The first-order valence-electron chi connectivity index (χ1n) is 11.5. The summed E-state index contributed by atoms with van der Waals surface area (Å²) in [4.78, 5) is 5.64. The molecule has 0 atom stereocenters. The van der Waals surface area contributed by atoms with Crippen molar-refractivity contribution in [2.75, 3.05) is 25.1 Å². The second-order valence-corrected chi connectivity index (χ2v) is 18.7. The number of hydrogen-bond donors (Lipinski definition) is 0. The van der Waals surface area contributed by atoms with Gasteiger partial charge in [-0.15, -0.1) is 0 Å². The van der Waals surface area contributed by atoms with Crippen molar-refractivity contribution < 1.29 is 46.3 Å². The minimum absolute atomic E-state index is 0. The van der Waals surface area contributed by atoms with E-state index in [1.54, 1.807) is 18.2 Å². The fraction of sp³-hybridized carbons (Fsp3) is 0.769. The molecule has 0 spiro atoms. The molecule has 1 aromatic carbocycles. The SMILES string of the molecule is CC(C)(C)N1CP(C(C)(C)C)CN(C(C)(C)C)CP(C(C)(C)C)C1.Fc1ccccc1.[Cl-].[Cl-].[Fe+2]. The van der Waals surface area contributed by atoms with Crippen LogP contribution in [0, 0.1) is 5.82 Å². The molecule has 2 rings (SSSR count). The van der Waals surface area contributed by atoms with Gasteiger partial charge in [0.25, 0.3) is 0 Å². The maximum atomic E-state index is 11.9. The molecule has 1 fully saturated rings. The van der Waals surface area contributed by atoms with Crippen molar-refractivity contribution in [3.63, 3.8) is 0 Å². The number of benzene rings is 1. The first-order valence-corrected chi connectivity index (χ1v) is 14.9. The molecule has 1 aromatic rings. The van der Waals surface area contributed by atoms with Gasteiger partial charge in [0.15, 0.2) is 0 Å². The van der Waals surface area contributed by atoms with Crippen LogP contribution in [0.15, 0.2) is 30.3 Å². The summed E-state index contributed by atoms with van der Waals surface area (Å²) in [6, 6.07) is 7.94. The third-order valence-electron chi connectivity index (χ3n) is 5.89. The summed E-state index contributed by atoms with van der Waals surface area (Å²) in [5.74, 6) is -0.178. The molecule has 34 heavy (non-hydrogen) atoms. The van der Waals surface area contributed by atoms with Crippen LogP contribution in [0.25, 0.3) is 0 Å². The number of hydrogen-bond acceptors (Lipinski definition) is 2. The third-order valence-corrected chi connectivity index (χ3v) is 12.4. The Kier molecular flexibility index (Phi) is 18.0. The topological polar surface area (TPSA) is 6.48 Å². The van der Waals surface area contributed by atoms with Crippen molar-refractivity contribution in [1.29, 1.82) is 0 Å². The van der Waals surface area contributed by atoms with Gasteiger partial charge in [-0.2, -0.15) is 0 Å². The zero-order valence-electron chi connectivity index (χ0n) is 23.5. The van der Waals surface area contributed by atoms with Crippen LogP contribution in [-0.2, 0) is 17.1 Å². The monoisotopic (exact) mass is 596 g/mol. The van der Waals surface area contributed by atoms with Crippen molar-refractivity contribution in [1.82, 2.24) is 9.80 Å². The summed E-state index contributed by atoms with van der Waals surface area (Å²) >= 11 is 0. The molecular weight excluding hydrogens is 548 g/mol. The number of nitrogens with zero attached hydrogens (tertiary/aromatic N) is 2. The van der Waals surface area contributed by atoms with E-state index in [1.165, 1.54) is 37.3 Å². The van der Waals surface area contributed by atoms with Gasteiger partial charge in [0, 0.05) is 36.2 Å². The van der Waals surface area contributed by atoms with E-state index < -0.39 is 0 Å². The number of halogens is 3. The summed E-state index contributed by atoms with van der Waals surface area (Å²) in [7, 11) is -0.113.